The van der Waals surface area contributed by atoms with Crippen LogP contribution < -0.4 is 5.56 Å². The third-order valence-corrected chi connectivity index (χ3v) is 7.60. The number of carbonyl (C=O) groups excluding carboxylic acids is 2. The van der Waals surface area contributed by atoms with Crippen molar-refractivity contribution in [2.24, 2.45) is 4.99 Å². The largest absolute Gasteiger partial charge is 0.458 e. The lowest BCUT2D eigenvalue weighted by Crippen LogP contribution is -2.44. The van der Waals surface area contributed by atoms with Crippen LogP contribution in [0.1, 0.15) is 53.1 Å². The molecule has 1 aliphatic carbocycles. The number of ether oxygens (including phenoxy) is 1. The van der Waals surface area contributed by atoms with Crippen LogP contribution in [-0.2, 0) is 39.5 Å². The average Bonchev–Trinajstić information content (AvgIpc) is 3.24. The Labute approximate surface area is 203 Å². The molecule has 0 saturated carbocycles. The van der Waals surface area contributed by atoms with Crippen LogP contribution in [-0.4, -0.2) is 44.0 Å². The number of aliphatic hydroxyl groups excluding tert-OH is 1. The molecule has 0 bridgehead atoms. The number of amides is 1. The lowest BCUT2D eigenvalue weighted by Gasteiger charge is -2.31. The Morgan fingerprint density at radius 3 is 2.75 bits per heavy atom. The van der Waals surface area contributed by atoms with Gasteiger partial charge < -0.3 is 19.5 Å². The van der Waals surface area contributed by atoms with Gasteiger partial charge in [-0.3, -0.25) is 9.59 Å². The zero-order chi connectivity index (χ0) is 25.5. The van der Waals surface area contributed by atoms with E-state index in [0.717, 1.165) is 5.56 Å². The minimum absolute atomic E-state index is 0.0128. The molecule has 2 aromatic heterocycles. The van der Waals surface area contributed by atoms with E-state index in [4.69, 9.17) is 9.72 Å². The highest BCUT2D eigenvalue weighted by Crippen LogP contribution is 2.43. The molecule has 184 valence electrons. The number of nitrogens with zero attached hydrogens (tertiary/aromatic N) is 3. The first-order valence-corrected chi connectivity index (χ1v) is 11.7. The predicted molar refractivity (Wildman–Crippen MR) is 126 cm³/mol. The van der Waals surface area contributed by atoms with Gasteiger partial charge in [-0.25, -0.2) is 19.2 Å². The van der Waals surface area contributed by atoms with E-state index in [9.17, 15) is 29.0 Å². The second-order valence-corrected chi connectivity index (χ2v) is 9.38. The molecule has 0 spiro atoms. The van der Waals surface area contributed by atoms with Crippen molar-refractivity contribution in [1.29, 1.82) is 0 Å². The summed E-state index contributed by atoms with van der Waals surface area (Å²) in [6.45, 7) is 2.44. The van der Waals surface area contributed by atoms with Gasteiger partial charge in [-0.1, -0.05) is 6.92 Å². The minimum Gasteiger partial charge on any atom is -0.458 e. The van der Waals surface area contributed by atoms with E-state index in [-0.39, 0.29) is 30.7 Å². The number of hydrogen-bond acceptors (Lipinski definition) is 7. The van der Waals surface area contributed by atoms with Crippen LogP contribution in [0.2, 0.25) is 0 Å². The van der Waals surface area contributed by atoms with Gasteiger partial charge in [-0.15, -0.1) is 0 Å². The number of cyclic esters (lactones) is 1. The van der Waals surface area contributed by atoms with Crippen molar-refractivity contribution in [2.45, 2.75) is 51.9 Å². The van der Waals surface area contributed by atoms with Crippen LogP contribution in [0, 0.1) is 12.7 Å². The van der Waals surface area contributed by atoms with Crippen molar-refractivity contribution >= 4 is 28.5 Å². The maximum atomic E-state index is 14.8. The summed E-state index contributed by atoms with van der Waals surface area (Å²) in [4.78, 5) is 46.9. The third-order valence-electron chi connectivity index (χ3n) is 7.60. The molecule has 1 unspecified atom stereocenters. The summed E-state index contributed by atoms with van der Waals surface area (Å²) in [5.74, 6) is -1.93. The van der Waals surface area contributed by atoms with E-state index in [1.54, 1.807) is 19.9 Å². The second kappa shape index (κ2) is 7.62. The van der Waals surface area contributed by atoms with Crippen LogP contribution in [0.25, 0.3) is 22.3 Å². The van der Waals surface area contributed by atoms with Crippen LogP contribution in [0.15, 0.2) is 21.9 Å². The number of esters is 1. The number of aryl methyl sites for hydroxylation is 1. The highest BCUT2D eigenvalue weighted by Gasteiger charge is 2.45. The van der Waals surface area contributed by atoms with Gasteiger partial charge in [-0.2, -0.15) is 0 Å². The molecular weight excluding hydrogens is 469 g/mol. The number of halogens is 1. The van der Waals surface area contributed by atoms with Crippen LogP contribution in [0.5, 0.6) is 0 Å². The summed E-state index contributed by atoms with van der Waals surface area (Å²) in [6, 6.07) is 2.91. The molecule has 4 heterocycles. The Kier molecular flexibility index (Phi) is 4.80. The summed E-state index contributed by atoms with van der Waals surface area (Å²) in [7, 11) is 0. The monoisotopic (exact) mass is 491 g/mol. The fourth-order valence-corrected chi connectivity index (χ4v) is 5.68. The Morgan fingerprint density at radius 1 is 1.25 bits per heavy atom. The molecule has 1 aromatic carbocycles. The zero-order valence-electron chi connectivity index (χ0n) is 19.6. The second-order valence-electron chi connectivity index (χ2n) is 9.38. The molecule has 9 nitrogen and oxygen atoms in total. The lowest BCUT2D eigenvalue weighted by molar-refractivity contribution is -0.172. The van der Waals surface area contributed by atoms with Crippen molar-refractivity contribution in [3.8, 4) is 11.4 Å². The maximum Gasteiger partial charge on any atom is 0.343 e. The Bertz CT molecular complexity index is 1640. The first kappa shape index (κ1) is 22.7. The molecule has 6 rings (SSSR count). The summed E-state index contributed by atoms with van der Waals surface area (Å²) in [6.07, 6.45) is 0.822. The number of fused-ring (bicyclic) bond motifs is 5. The summed E-state index contributed by atoms with van der Waals surface area (Å²) in [5, 5.41) is 21.1. The number of carbonyl (C=O) groups is 2. The smallest absolute Gasteiger partial charge is 0.343 e. The molecule has 36 heavy (non-hydrogen) atoms. The summed E-state index contributed by atoms with van der Waals surface area (Å²) in [5.41, 5.74) is 2.10. The average molecular weight is 491 g/mol. The van der Waals surface area contributed by atoms with Gasteiger partial charge in [0.1, 0.15) is 19.0 Å². The number of benzene rings is 1. The van der Waals surface area contributed by atoms with Gasteiger partial charge >= 0.3 is 5.97 Å². The molecule has 3 aliphatic rings. The molecule has 0 radical (unpaired) electrons. The Balaban J connectivity index is 1.70. The molecule has 1 amide bonds. The van der Waals surface area contributed by atoms with Gasteiger partial charge in [0, 0.05) is 28.1 Å². The fraction of sp³-hybridized carbons (Fsp3) is 0.346. The summed E-state index contributed by atoms with van der Waals surface area (Å²) >= 11 is 0. The number of aromatic nitrogens is 2. The molecule has 2 N–H and O–H groups in total. The standard InChI is InChI=1S/C26H22FN3O6/c1-3-26(35)15-6-19-23-13(8-30(19)24(33)14(15)10-36-25(26)34)22-17(28-20(32)9-31)5-4-12-11(2)16(27)7-18(29-23)21(12)22/h6-7,31,35H,3-5,8-10H2,1-2H3. The van der Waals surface area contributed by atoms with E-state index in [1.807, 2.05) is 0 Å². The molecule has 3 aromatic rings. The molecular formula is C26H22FN3O6. The topological polar surface area (TPSA) is 131 Å². The molecule has 0 saturated heterocycles. The molecule has 1 atom stereocenters. The predicted octanol–water partition coefficient (Wildman–Crippen LogP) is 1.78. The fourth-order valence-electron chi connectivity index (χ4n) is 5.68. The molecule has 10 heteroatoms. The van der Waals surface area contributed by atoms with E-state index >= 15 is 0 Å². The van der Waals surface area contributed by atoms with Crippen molar-refractivity contribution in [2.75, 3.05) is 6.61 Å². The van der Waals surface area contributed by atoms with Crippen molar-refractivity contribution in [3.63, 3.8) is 0 Å². The number of aliphatic hydroxyl groups is 2. The highest BCUT2D eigenvalue weighted by atomic mass is 19.1. The Morgan fingerprint density at radius 2 is 2.03 bits per heavy atom. The van der Waals surface area contributed by atoms with Gasteiger partial charge in [0.15, 0.2) is 5.60 Å². The first-order valence-electron chi connectivity index (χ1n) is 11.7. The van der Waals surface area contributed by atoms with E-state index in [0.29, 0.717) is 57.5 Å². The minimum atomic E-state index is -1.97. The normalized spacial score (nSPS) is 20.8. The van der Waals surface area contributed by atoms with Gasteiger partial charge in [0.05, 0.1) is 34.7 Å². The third kappa shape index (κ3) is 2.85. The molecule has 2 aliphatic heterocycles. The number of hydrogen-bond donors (Lipinski definition) is 2. The zero-order valence-corrected chi connectivity index (χ0v) is 19.6. The number of aliphatic imine (C=N–C) groups is 1. The van der Waals surface area contributed by atoms with Crippen molar-refractivity contribution in [3.05, 3.63) is 61.7 Å². The van der Waals surface area contributed by atoms with Gasteiger partial charge in [0.25, 0.3) is 11.5 Å². The summed E-state index contributed by atoms with van der Waals surface area (Å²) < 4.78 is 21.5. The maximum absolute atomic E-state index is 14.8. The van der Waals surface area contributed by atoms with Crippen LogP contribution >= 0.6 is 0 Å². The first-order chi connectivity index (χ1) is 17.2. The van der Waals surface area contributed by atoms with Gasteiger partial charge in [0.2, 0.25) is 0 Å². The van der Waals surface area contributed by atoms with Crippen molar-refractivity contribution in [1.82, 2.24) is 9.55 Å². The lowest BCUT2D eigenvalue weighted by atomic mass is 9.83. The SMILES string of the molecule is CCC1(O)C(=O)OCc2c1cc1n(c2=O)Cc2c-1nc1cc(F)c(C)c3c1c2C(=NC(=O)CO)CC3. The quantitative estimate of drug-likeness (QED) is 0.409. The van der Waals surface area contributed by atoms with E-state index < -0.39 is 35.5 Å². The van der Waals surface area contributed by atoms with Crippen LogP contribution in [0.3, 0.4) is 0 Å². The highest BCUT2D eigenvalue weighted by molar-refractivity contribution is 6.18. The number of pyridine rings is 2. The number of rotatable bonds is 2. The Hall–Kier alpha value is -3.76. The molecule has 0 fully saturated rings. The van der Waals surface area contributed by atoms with Crippen LogP contribution in [0.4, 0.5) is 4.39 Å². The van der Waals surface area contributed by atoms with Gasteiger partial charge in [-0.05, 0) is 43.4 Å². The van der Waals surface area contributed by atoms with E-state index in [1.165, 1.54) is 10.6 Å². The van der Waals surface area contributed by atoms with E-state index in [2.05, 4.69) is 4.99 Å². The van der Waals surface area contributed by atoms with Crippen molar-refractivity contribution < 1.29 is 28.9 Å².